The average Bonchev–Trinajstić information content (AvgIpc) is 3.53. The van der Waals surface area contributed by atoms with E-state index in [1.165, 1.54) is 0 Å². The molecule has 5 heterocycles. The first-order valence-electron chi connectivity index (χ1n) is 9.81. The minimum absolute atomic E-state index is 0.0369. The molecule has 3 aliphatic heterocycles. The normalized spacial score (nSPS) is 23.0. The summed E-state index contributed by atoms with van der Waals surface area (Å²) in [6.07, 6.45) is 0.669. The summed E-state index contributed by atoms with van der Waals surface area (Å²) in [4.78, 5) is 20.2. The molecule has 0 spiro atoms. The number of aromatic nitrogens is 2. The van der Waals surface area contributed by atoms with Gasteiger partial charge in [0.2, 0.25) is 24.4 Å². The first-order valence-corrected chi connectivity index (χ1v) is 10.7. The summed E-state index contributed by atoms with van der Waals surface area (Å²) in [5.74, 6) is 2.88. The highest BCUT2D eigenvalue weighted by Gasteiger charge is 2.41. The molecule has 0 saturated carbocycles. The predicted molar refractivity (Wildman–Crippen MR) is 107 cm³/mol. The largest absolute Gasteiger partial charge is 0.454 e. The van der Waals surface area contributed by atoms with Crippen LogP contribution in [0, 0.1) is 0 Å². The second kappa shape index (κ2) is 7.08. The van der Waals surface area contributed by atoms with Gasteiger partial charge in [-0.25, -0.2) is 10.9 Å². The van der Waals surface area contributed by atoms with Gasteiger partial charge in [0, 0.05) is 19.1 Å². The fourth-order valence-corrected chi connectivity index (χ4v) is 4.66. The van der Waals surface area contributed by atoms with Gasteiger partial charge < -0.3 is 18.9 Å². The summed E-state index contributed by atoms with van der Waals surface area (Å²) in [5, 5.41) is 6.04. The van der Waals surface area contributed by atoms with Crippen molar-refractivity contribution in [1.82, 2.24) is 25.9 Å². The quantitative estimate of drug-likeness (QED) is 0.655. The Balaban J connectivity index is 1.06. The molecule has 30 heavy (non-hydrogen) atoms. The van der Waals surface area contributed by atoms with Gasteiger partial charge in [0.05, 0.1) is 10.8 Å². The van der Waals surface area contributed by atoms with Crippen LogP contribution in [0.1, 0.15) is 29.8 Å². The monoisotopic (exact) mass is 425 g/mol. The molecule has 3 aromatic rings. The molecule has 3 aliphatic rings. The Morgan fingerprint density at radius 3 is 2.93 bits per heavy atom. The Morgan fingerprint density at radius 2 is 2.07 bits per heavy atom. The van der Waals surface area contributed by atoms with E-state index in [0.717, 1.165) is 21.9 Å². The molecule has 2 N–H and O–H groups in total. The average molecular weight is 425 g/mol. The van der Waals surface area contributed by atoms with E-state index < -0.39 is 0 Å². The zero-order chi connectivity index (χ0) is 20.1. The number of hydrogen-bond donors (Lipinski definition) is 2. The summed E-state index contributed by atoms with van der Waals surface area (Å²) < 4.78 is 16.2. The lowest BCUT2D eigenvalue weighted by Crippen LogP contribution is -2.54. The van der Waals surface area contributed by atoms with E-state index in [-0.39, 0.29) is 30.7 Å². The van der Waals surface area contributed by atoms with E-state index in [9.17, 15) is 4.79 Å². The number of amides is 1. The van der Waals surface area contributed by atoms with Gasteiger partial charge in [0.1, 0.15) is 6.04 Å². The van der Waals surface area contributed by atoms with Gasteiger partial charge in [-0.2, -0.15) is 4.98 Å². The van der Waals surface area contributed by atoms with Crippen LogP contribution in [0.15, 0.2) is 40.2 Å². The van der Waals surface area contributed by atoms with E-state index >= 15 is 0 Å². The maximum atomic E-state index is 12.9. The van der Waals surface area contributed by atoms with Crippen molar-refractivity contribution in [2.45, 2.75) is 24.4 Å². The number of hydrazine groups is 1. The van der Waals surface area contributed by atoms with Crippen LogP contribution >= 0.6 is 11.3 Å². The number of carbonyl (C=O) groups excluding carboxylic acids is 1. The number of fused-ring (bicyclic) bond motifs is 1. The van der Waals surface area contributed by atoms with Gasteiger partial charge >= 0.3 is 0 Å². The molecule has 0 bridgehead atoms. The Kier molecular flexibility index (Phi) is 4.22. The Morgan fingerprint density at radius 1 is 1.17 bits per heavy atom. The van der Waals surface area contributed by atoms with Crippen LogP contribution < -0.4 is 20.3 Å². The topological polar surface area (TPSA) is 102 Å². The van der Waals surface area contributed by atoms with Crippen molar-refractivity contribution in [2.24, 2.45) is 0 Å². The van der Waals surface area contributed by atoms with Crippen LogP contribution in [0.2, 0.25) is 0 Å². The number of thiophene rings is 1. The summed E-state index contributed by atoms with van der Waals surface area (Å²) >= 11 is 1.57. The predicted octanol–water partition coefficient (Wildman–Crippen LogP) is 2.06. The van der Waals surface area contributed by atoms with Crippen molar-refractivity contribution in [3.63, 3.8) is 0 Å². The van der Waals surface area contributed by atoms with Crippen molar-refractivity contribution in [3.05, 3.63) is 47.2 Å². The van der Waals surface area contributed by atoms with Gasteiger partial charge in [-0.1, -0.05) is 17.3 Å². The Hall–Kier alpha value is -2.95. The number of hydrogen-bond acceptors (Lipinski definition) is 9. The lowest BCUT2D eigenvalue weighted by Gasteiger charge is -2.38. The molecule has 154 valence electrons. The number of nitrogens with zero attached hydrogens (tertiary/aromatic N) is 3. The molecule has 10 heteroatoms. The lowest BCUT2D eigenvalue weighted by molar-refractivity contribution is -0.138. The van der Waals surface area contributed by atoms with Gasteiger partial charge in [0.25, 0.3) is 0 Å². The minimum atomic E-state index is -0.272. The zero-order valence-corrected chi connectivity index (χ0v) is 16.7. The molecule has 2 fully saturated rings. The van der Waals surface area contributed by atoms with Crippen LogP contribution in [-0.4, -0.2) is 46.9 Å². The van der Waals surface area contributed by atoms with Gasteiger partial charge in [-0.15, -0.1) is 11.3 Å². The Bertz CT molecular complexity index is 1080. The highest BCUT2D eigenvalue weighted by atomic mass is 32.1. The van der Waals surface area contributed by atoms with Crippen LogP contribution in [-0.2, 0) is 4.79 Å². The van der Waals surface area contributed by atoms with E-state index in [1.54, 1.807) is 11.3 Å². The second-order valence-corrected chi connectivity index (χ2v) is 8.56. The Labute approximate surface area is 175 Å². The smallest absolute Gasteiger partial charge is 0.241 e. The fraction of sp³-hybridized carbons (Fsp3) is 0.350. The number of benzene rings is 1. The summed E-state index contributed by atoms with van der Waals surface area (Å²) in [6.45, 7) is 1.44. The third-order valence-electron chi connectivity index (χ3n) is 5.73. The fourth-order valence-electron chi connectivity index (χ4n) is 4.01. The minimum Gasteiger partial charge on any atom is -0.454 e. The van der Waals surface area contributed by atoms with Gasteiger partial charge in [0.15, 0.2) is 11.5 Å². The van der Waals surface area contributed by atoms with Crippen molar-refractivity contribution >= 4 is 17.2 Å². The number of ether oxygens (including phenoxy) is 2. The van der Waals surface area contributed by atoms with E-state index in [2.05, 4.69) is 21.0 Å². The standard InChI is InChI=1S/C20H19N5O4S/c26-20(14-7-13(22-23-14)11-3-4-15-16(6-11)28-10-27-15)25-8-12(9-25)19-21-18(24-29-19)17-2-1-5-30-17/h1-6,12-14,22-23H,7-10H2. The SMILES string of the molecule is O=C(C1CC(c2ccc3c(c2)OCO3)NN1)N1CC(c2nc(-c3cccs3)no2)C1. The molecule has 1 amide bonds. The van der Waals surface area contributed by atoms with Crippen LogP contribution in [0.5, 0.6) is 11.5 Å². The van der Waals surface area contributed by atoms with Crippen molar-refractivity contribution in [1.29, 1.82) is 0 Å². The maximum Gasteiger partial charge on any atom is 0.241 e. The maximum absolute atomic E-state index is 12.9. The van der Waals surface area contributed by atoms with E-state index in [1.807, 2.05) is 40.6 Å². The molecule has 0 radical (unpaired) electrons. The summed E-state index contributed by atoms with van der Waals surface area (Å²) in [5.41, 5.74) is 7.43. The second-order valence-electron chi connectivity index (χ2n) is 7.62. The third-order valence-corrected chi connectivity index (χ3v) is 6.59. The van der Waals surface area contributed by atoms with Crippen molar-refractivity contribution < 1.29 is 18.8 Å². The third kappa shape index (κ3) is 3.04. The van der Waals surface area contributed by atoms with Crippen LogP contribution in [0.3, 0.4) is 0 Å². The summed E-state index contributed by atoms with van der Waals surface area (Å²) in [6, 6.07) is 9.56. The lowest BCUT2D eigenvalue weighted by atomic mass is 9.96. The molecule has 0 aliphatic carbocycles. The van der Waals surface area contributed by atoms with Crippen molar-refractivity contribution in [2.75, 3.05) is 19.9 Å². The molecule has 2 saturated heterocycles. The highest BCUT2D eigenvalue weighted by Crippen LogP contribution is 2.36. The van der Waals surface area contributed by atoms with Gasteiger partial charge in [-0.05, 0) is 35.6 Å². The number of nitrogens with one attached hydrogen (secondary N) is 2. The summed E-state index contributed by atoms with van der Waals surface area (Å²) in [7, 11) is 0. The molecule has 2 unspecified atom stereocenters. The molecule has 6 rings (SSSR count). The number of rotatable bonds is 4. The number of likely N-dealkylation sites (tertiary alicyclic amines) is 1. The molecule has 1 aromatic carbocycles. The molecular weight excluding hydrogens is 406 g/mol. The highest BCUT2D eigenvalue weighted by molar-refractivity contribution is 7.13. The van der Waals surface area contributed by atoms with Crippen LogP contribution in [0.4, 0.5) is 0 Å². The molecule has 9 nitrogen and oxygen atoms in total. The van der Waals surface area contributed by atoms with Crippen molar-refractivity contribution in [3.8, 4) is 22.2 Å². The van der Waals surface area contributed by atoms with Gasteiger partial charge in [-0.3, -0.25) is 4.79 Å². The molecule has 2 atom stereocenters. The number of carbonyl (C=O) groups is 1. The molecule has 2 aromatic heterocycles. The first kappa shape index (κ1) is 17.9. The molecular formula is C20H19N5O4S. The first-order chi connectivity index (χ1) is 14.7. The van der Waals surface area contributed by atoms with E-state index in [4.69, 9.17) is 14.0 Å². The zero-order valence-electron chi connectivity index (χ0n) is 15.9. The van der Waals surface area contributed by atoms with E-state index in [0.29, 0.717) is 31.2 Å². The van der Waals surface area contributed by atoms with Crippen LogP contribution in [0.25, 0.3) is 10.7 Å².